The molecule has 2 amide bonds. The smallest absolute Gasteiger partial charge is 0.237 e. The number of amides is 2. The summed E-state index contributed by atoms with van der Waals surface area (Å²) in [6, 6.07) is -0.0839. The summed E-state index contributed by atoms with van der Waals surface area (Å²) in [6.07, 6.45) is 3.15. The molecule has 0 unspecified atom stereocenters. The van der Waals surface area contributed by atoms with Crippen molar-refractivity contribution in [2.45, 2.75) is 39.2 Å². The zero-order chi connectivity index (χ0) is 12.6. The molecule has 0 spiro atoms. The van der Waals surface area contributed by atoms with Crippen LogP contribution in [-0.4, -0.2) is 42.9 Å². The molecule has 0 radical (unpaired) electrons. The average molecular weight is 229 g/mol. The number of hydrogen-bond donors (Lipinski definition) is 2. The van der Waals surface area contributed by atoms with Crippen molar-refractivity contribution in [1.29, 1.82) is 0 Å². The Hall–Kier alpha value is -1.10. The Balaban J connectivity index is 0.000000673. The molecule has 0 aliphatic carbocycles. The molecule has 16 heavy (non-hydrogen) atoms. The van der Waals surface area contributed by atoms with E-state index in [2.05, 4.69) is 19.2 Å². The molecule has 0 saturated carbocycles. The van der Waals surface area contributed by atoms with Gasteiger partial charge in [-0.2, -0.15) is 0 Å². The Morgan fingerprint density at radius 1 is 1.44 bits per heavy atom. The van der Waals surface area contributed by atoms with E-state index in [1.54, 1.807) is 0 Å². The molecule has 0 bridgehead atoms. The molecule has 1 aliphatic rings. The van der Waals surface area contributed by atoms with Crippen molar-refractivity contribution in [3.05, 3.63) is 0 Å². The Morgan fingerprint density at radius 2 is 2.00 bits per heavy atom. The lowest BCUT2D eigenvalue weighted by Crippen LogP contribution is -2.44. The van der Waals surface area contributed by atoms with Crippen LogP contribution in [0.2, 0.25) is 0 Å². The van der Waals surface area contributed by atoms with Crippen LogP contribution in [-0.2, 0) is 9.59 Å². The Morgan fingerprint density at radius 3 is 2.38 bits per heavy atom. The highest BCUT2D eigenvalue weighted by Gasteiger charge is 2.27. The maximum absolute atomic E-state index is 11.4. The second-order valence-corrected chi connectivity index (χ2v) is 4.03. The Bertz CT molecular complexity index is 231. The molecular formula is C11H23N3O2. The van der Waals surface area contributed by atoms with Crippen molar-refractivity contribution in [2.75, 3.05) is 20.1 Å². The van der Waals surface area contributed by atoms with Gasteiger partial charge in [-0.15, -0.1) is 0 Å². The highest BCUT2D eigenvalue weighted by molar-refractivity contribution is 5.86. The van der Waals surface area contributed by atoms with E-state index in [0.29, 0.717) is 0 Å². The predicted octanol–water partition coefficient (Wildman–Crippen LogP) is 0.0984. The monoisotopic (exact) mass is 229 g/mol. The molecule has 1 saturated heterocycles. The van der Waals surface area contributed by atoms with Gasteiger partial charge in [-0.25, -0.2) is 0 Å². The molecule has 1 atom stereocenters. The molecule has 3 N–H and O–H groups in total. The molecule has 1 aliphatic heterocycles. The minimum absolute atomic E-state index is 0.0663. The van der Waals surface area contributed by atoms with Gasteiger partial charge in [0.15, 0.2) is 0 Å². The minimum atomic E-state index is -0.506. The van der Waals surface area contributed by atoms with Crippen molar-refractivity contribution in [2.24, 2.45) is 5.73 Å². The maximum Gasteiger partial charge on any atom is 0.237 e. The van der Waals surface area contributed by atoms with E-state index in [0.717, 1.165) is 19.4 Å². The summed E-state index contributed by atoms with van der Waals surface area (Å²) in [4.78, 5) is 23.8. The third-order valence-electron chi connectivity index (χ3n) is 2.26. The summed E-state index contributed by atoms with van der Waals surface area (Å²) >= 11 is 0. The molecule has 1 fully saturated rings. The van der Waals surface area contributed by atoms with E-state index in [-0.39, 0.29) is 18.5 Å². The first-order valence-corrected chi connectivity index (χ1v) is 5.79. The first-order valence-electron chi connectivity index (χ1n) is 5.79. The van der Waals surface area contributed by atoms with Crippen LogP contribution >= 0.6 is 0 Å². The van der Waals surface area contributed by atoms with E-state index in [4.69, 9.17) is 5.73 Å². The molecule has 5 nitrogen and oxygen atoms in total. The summed E-state index contributed by atoms with van der Waals surface area (Å²) < 4.78 is 0. The first kappa shape index (κ1) is 14.9. The number of nitrogens with one attached hydrogen (secondary N) is 1. The zero-order valence-corrected chi connectivity index (χ0v) is 10.5. The fourth-order valence-electron chi connectivity index (χ4n) is 1.53. The fourth-order valence-corrected chi connectivity index (χ4v) is 1.53. The number of primary amides is 1. The molecule has 0 aromatic rings. The van der Waals surface area contributed by atoms with Gasteiger partial charge < -0.3 is 11.1 Å². The van der Waals surface area contributed by atoms with Crippen LogP contribution in [0.5, 0.6) is 0 Å². The molecular weight excluding hydrogens is 206 g/mol. The first-order chi connectivity index (χ1) is 7.52. The standard InChI is InChI=1S/C8H15N3O2.C3H8/c1-11-4-2-3-6(11)8(13)10-5-7(9)12;1-3-2/h6H,2-5H2,1H3,(H2,9,12)(H,10,13);3H2,1-2H3/t6-;/m0./s1. The van der Waals surface area contributed by atoms with Crippen molar-refractivity contribution >= 4 is 11.8 Å². The summed E-state index contributed by atoms with van der Waals surface area (Å²) in [7, 11) is 1.90. The van der Waals surface area contributed by atoms with Crippen LogP contribution < -0.4 is 11.1 Å². The van der Waals surface area contributed by atoms with E-state index in [9.17, 15) is 9.59 Å². The van der Waals surface area contributed by atoms with Crippen LogP contribution in [0.25, 0.3) is 0 Å². The Labute approximate surface area is 97.4 Å². The van der Waals surface area contributed by atoms with Gasteiger partial charge in [0.1, 0.15) is 0 Å². The fraction of sp³-hybridized carbons (Fsp3) is 0.818. The van der Waals surface area contributed by atoms with Gasteiger partial charge in [-0.05, 0) is 26.4 Å². The van der Waals surface area contributed by atoms with Crippen molar-refractivity contribution < 1.29 is 9.59 Å². The van der Waals surface area contributed by atoms with Gasteiger partial charge >= 0.3 is 0 Å². The number of carbonyl (C=O) groups is 2. The van der Waals surface area contributed by atoms with E-state index < -0.39 is 5.91 Å². The molecule has 0 aromatic carbocycles. The zero-order valence-electron chi connectivity index (χ0n) is 10.5. The van der Waals surface area contributed by atoms with Gasteiger partial charge in [-0.3, -0.25) is 14.5 Å². The van der Waals surface area contributed by atoms with Gasteiger partial charge in [-0.1, -0.05) is 20.3 Å². The van der Waals surface area contributed by atoms with E-state index >= 15 is 0 Å². The summed E-state index contributed by atoms with van der Waals surface area (Å²) in [6.45, 7) is 5.12. The van der Waals surface area contributed by atoms with Crippen molar-refractivity contribution in [3.63, 3.8) is 0 Å². The quantitative estimate of drug-likeness (QED) is 0.720. The SMILES string of the molecule is CCC.CN1CCC[C@H]1C(=O)NCC(N)=O. The predicted molar refractivity (Wildman–Crippen MR) is 63.8 cm³/mol. The summed E-state index contributed by atoms with van der Waals surface area (Å²) in [5.41, 5.74) is 4.91. The number of nitrogens with two attached hydrogens (primary N) is 1. The van der Waals surface area contributed by atoms with Gasteiger partial charge in [0, 0.05) is 0 Å². The maximum atomic E-state index is 11.4. The van der Waals surface area contributed by atoms with Crippen molar-refractivity contribution in [3.8, 4) is 0 Å². The number of carbonyl (C=O) groups excluding carboxylic acids is 2. The molecule has 1 rings (SSSR count). The second kappa shape index (κ2) is 8.10. The Kier molecular flexibility index (Phi) is 7.54. The topological polar surface area (TPSA) is 75.4 Å². The third kappa shape index (κ3) is 5.70. The van der Waals surface area contributed by atoms with Gasteiger partial charge in [0.2, 0.25) is 11.8 Å². The molecule has 94 valence electrons. The highest BCUT2D eigenvalue weighted by Crippen LogP contribution is 2.14. The van der Waals surface area contributed by atoms with Crippen LogP contribution in [0, 0.1) is 0 Å². The number of likely N-dealkylation sites (tertiary alicyclic amines) is 1. The lowest BCUT2D eigenvalue weighted by Gasteiger charge is -2.17. The number of hydrogen-bond acceptors (Lipinski definition) is 3. The van der Waals surface area contributed by atoms with Crippen molar-refractivity contribution in [1.82, 2.24) is 10.2 Å². The lowest BCUT2D eigenvalue weighted by molar-refractivity contribution is -0.127. The number of likely N-dealkylation sites (N-methyl/N-ethyl adjacent to an activating group) is 1. The second-order valence-electron chi connectivity index (χ2n) is 4.03. The minimum Gasteiger partial charge on any atom is -0.368 e. The number of rotatable bonds is 3. The van der Waals surface area contributed by atoms with Crippen LogP contribution in [0.4, 0.5) is 0 Å². The van der Waals surface area contributed by atoms with E-state index in [1.807, 2.05) is 11.9 Å². The highest BCUT2D eigenvalue weighted by atomic mass is 16.2. The largest absolute Gasteiger partial charge is 0.368 e. The molecule has 5 heteroatoms. The molecule has 1 heterocycles. The lowest BCUT2D eigenvalue weighted by atomic mass is 10.2. The van der Waals surface area contributed by atoms with E-state index in [1.165, 1.54) is 6.42 Å². The van der Waals surface area contributed by atoms with Gasteiger partial charge in [0.05, 0.1) is 12.6 Å². The number of nitrogens with zero attached hydrogens (tertiary/aromatic N) is 1. The van der Waals surface area contributed by atoms with Crippen LogP contribution in [0.15, 0.2) is 0 Å². The normalized spacial score (nSPS) is 19.8. The average Bonchev–Trinajstić information content (AvgIpc) is 2.62. The summed E-state index contributed by atoms with van der Waals surface area (Å²) in [5, 5.41) is 2.50. The van der Waals surface area contributed by atoms with Crippen LogP contribution in [0.3, 0.4) is 0 Å². The molecule has 0 aromatic heterocycles. The van der Waals surface area contributed by atoms with Gasteiger partial charge in [0.25, 0.3) is 0 Å². The van der Waals surface area contributed by atoms with Crippen LogP contribution in [0.1, 0.15) is 33.1 Å². The third-order valence-corrected chi connectivity index (χ3v) is 2.26. The summed E-state index contributed by atoms with van der Waals surface area (Å²) in [5.74, 6) is -0.604.